The van der Waals surface area contributed by atoms with Crippen LogP contribution < -0.4 is 5.32 Å². The van der Waals surface area contributed by atoms with Crippen molar-refractivity contribution in [2.45, 2.75) is 83.5 Å². The van der Waals surface area contributed by atoms with Gasteiger partial charge in [0.05, 0.1) is 6.42 Å². The van der Waals surface area contributed by atoms with Gasteiger partial charge >= 0.3 is 6.18 Å². The standard InChI is InChI=1S/C14H26F3N/c1-3-5-12-6-4-7-13(9-8-12)18-11(2)10-14(15,16)17/h11-13,18H,3-10H2,1-2H3. The van der Waals surface area contributed by atoms with Crippen molar-refractivity contribution in [3.05, 3.63) is 0 Å². The van der Waals surface area contributed by atoms with Crippen LogP contribution >= 0.6 is 0 Å². The lowest BCUT2D eigenvalue weighted by atomic mass is 9.95. The van der Waals surface area contributed by atoms with Crippen LogP contribution in [0.4, 0.5) is 13.2 Å². The fraction of sp³-hybridized carbons (Fsp3) is 1.00. The molecule has 3 unspecified atom stereocenters. The zero-order valence-corrected chi connectivity index (χ0v) is 11.5. The monoisotopic (exact) mass is 265 g/mol. The summed E-state index contributed by atoms with van der Waals surface area (Å²) in [7, 11) is 0. The second-order valence-electron chi connectivity index (χ2n) is 5.75. The molecule has 0 heterocycles. The van der Waals surface area contributed by atoms with E-state index in [0.717, 1.165) is 25.2 Å². The smallest absolute Gasteiger partial charge is 0.311 e. The third-order valence-electron chi connectivity index (χ3n) is 3.84. The minimum atomic E-state index is -4.05. The second kappa shape index (κ2) is 7.37. The van der Waals surface area contributed by atoms with Crippen molar-refractivity contribution in [1.82, 2.24) is 5.32 Å². The molecule has 0 bridgehead atoms. The van der Waals surface area contributed by atoms with Crippen molar-refractivity contribution in [2.24, 2.45) is 5.92 Å². The van der Waals surface area contributed by atoms with Crippen molar-refractivity contribution < 1.29 is 13.2 Å². The van der Waals surface area contributed by atoms with Crippen molar-refractivity contribution in [1.29, 1.82) is 0 Å². The van der Waals surface area contributed by atoms with Crippen LogP contribution in [0, 0.1) is 5.92 Å². The molecule has 0 amide bonds. The van der Waals surface area contributed by atoms with Gasteiger partial charge in [-0.15, -0.1) is 0 Å². The highest BCUT2D eigenvalue weighted by atomic mass is 19.4. The summed E-state index contributed by atoms with van der Waals surface area (Å²) < 4.78 is 36.8. The molecule has 1 aliphatic carbocycles. The lowest BCUT2D eigenvalue weighted by Gasteiger charge is -2.23. The zero-order valence-electron chi connectivity index (χ0n) is 11.5. The van der Waals surface area contributed by atoms with E-state index < -0.39 is 18.6 Å². The third kappa shape index (κ3) is 6.62. The highest BCUT2D eigenvalue weighted by Crippen LogP contribution is 2.28. The van der Waals surface area contributed by atoms with Crippen LogP contribution in [0.3, 0.4) is 0 Å². The number of rotatable bonds is 5. The van der Waals surface area contributed by atoms with E-state index in [4.69, 9.17) is 0 Å². The van der Waals surface area contributed by atoms with E-state index in [9.17, 15) is 13.2 Å². The van der Waals surface area contributed by atoms with Crippen LogP contribution in [0.25, 0.3) is 0 Å². The van der Waals surface area contributed by atoms with Gasteiger partial charge in [0.25, 0.3) is 0 Å². The molecule has 108 valence electrons. The van der Waals surface area contributed by atoms with E-state index in [1.807, 2.05) is 0 Å². The van der Waals surface area contributed by atoms with E-state index >= 15 is 0 Å². The van der Waals surface area contributed by atoms with Gasteiger partial charge in [0.2, 0.25) is 0 Å². The first kappa shape index (κ1) is 15.8. The summed E-state index contributed by atoms with van der Waals surface area (Å²) in [5.74, 6) is 0.791. The molecule has 1 saturated carbocycles. The molecule has 3 atom stereocenters. The van der Waals surface area contributed by atoms with E-state index in [1.54, 1.807) is 6.92 Å². The minimum Gasteiger partial charge on any atom is -0.311 e. The summed E-state index contributed by atoms with van der Waals surface area (Å²) in [4.78, 5) is 0. The SMILES string of the molecule is CCCC1CCCC(NC(C)CC(F)(F)F)CC1. The fourth-order valence-corrected chi connectivity index (χ4v) is 3.05. The van der Waals surface area contributed by atoms with E-state index in [0.29, 0.717) is 0 Å². The first-order valence-electron chi connectivity index (χ1n) is 7.23. The van der Waals surface area contributed by atoms with Crippen molar-refractivity contribution in [2.75, 3.05) is 0 Å². The maximum absolute atomic E-state index is 12.3. The highest BCUT2D eigenvalue weighted by Gasteiger charge is 2.31. The van der Waals surface area contributed by atoms with E-state index in [2.05, 4.69) is 12.2 Å². The molecule has 0 aliphatic heterocycles. The van der Waals surface area contributed by atoms with Crippen LogP contribution in [0.5, 0.6) is 0 Å². The molecule has 0 aromatic rings. The maximum atomic E-state index is 12.3. The van der Waals surface area contributed by atoms with Gasteiger partial charge in [-0.05, 0) is 32.1 Å². The van der Waals surface area contributed by atoms with Crippen LogP contribution in [-0.2, 0) is 0 Å². The van der Waals surface area contributed by atoms with Crippen LogP contribution in [-0.4, -0.2) is 18.3 Å². The zero-order chi connectivity index (χ0) is 13.6. The van der Waals surface area contributed by atoms with Gasteiger partial charge in [0.1, 0.15) is 0 Å². The van der Waals surface area contributed by atoms with Gasteiger partial charge in [0, 0.05) is 12.1 Å². The van der Waals surface area contributed by atoms with Crippen LogP contribution in [0.1, 0.15) is 65.2 Å². The number of hydrogen-bond donors (Lipinski definition) is 1. The van der Waals surface area contributed by atoms with E-state index in [-0.39, 0.29) is 6.04 Å². The maximum Gasteiger partial charge on any atom is 0.390 e. The highest BCUT2D eigenvalue weighted by molar-refractivity contribution is 4.78. The van der Waals surface area contributed by atoms with Gasteiger partial charge in [-0.1, -0.05) is 32.6 Å². The Labute approximate surface area is 109 Å². The largest absolute Gasteiger partial charge is 0.390 e. The molecule has 0 spiro atoms. The molecule has 0 aromatic carbocycles. The van der Waals surface area contributed by atoms with Crippen LogP contribution in [0.2, 0.25) is 0 Å². The summed E-state index contributed by atoms with van der Waals surface area (Å²) in [5.41, 5.74) is 0. The average molecular weight is 265 g/mol. The first-order chi connectivity index (χ1) is 8.40. The topological polar surface area (TPSA) is 12.0 Å². The Hall–Kier alpha value is -0.250. The lowest BCUT2D eigenvalue weighted by molar-refractivity contribution is -0.139. The van der Waals surface area contributed by atoms with Crippen LogP contribution in [0.15, 0.2) is 0 Å². The molecular formula is C14H26F3N. The molecular weight excluding hydrogens is 239 g/mol. The average Bonchev–Trinajstić information content (AvgIpc) is 2.42. The molecule has 1 nitrogen and oxygen atoms in total. The van der Waals surface area contributed by atoms with Crippen molar-refractivity contribution >= 4 is 0 Å². The van der Waals surface area contributed by atoms with Gasteiger partial charge < -0.3 is 5.32 Å². The molecule has 1 rings (SSSR count). The summed E-state index contributed by atoms with van der Waals surface area (Å²) in [5, 5.41) is 3.16. The number of nitrogens with one attached hydrogen (secondary N) is 1. The predicted molar refractivity (Wildman–Crippen MR) is 68.5 cm³/mol. The first-order valence-corrected chi connectivity index (χ1v) is 7.23. The number of halogens is 3. The van der Waals surface area contributed by atoms with Crippen molar-refractivity contribution in [3.8, 4) is 0 Å². The van der Waals surface area contributed by atoms with E-state index in [1.165, 1.54) is 25.7 Å². The van der Waals surface area contributed by atoms with Gasteiger partial charge in [-0.2, -0.15) is 13.2 Å². The molecule has 0 saturated heterocycles. The Morgan fingerprint density at radius 2 is 1.89 bits per heavy atom. The predicted octanol–water partition coefficient (Wildman–Crippen LogP) is 4.67. The summed E-state index contributed by atoms with van der Waals surface area (Å²) in [6, 6.07) is -0.179. The molecule has 0 radical (unpaired) electrons. The normalized spacial score (nSPS) is 27.8. The minimum absolute atomic E-state index is 0.282. The molecule has 4 heteroatoms. The summed E-state index contributed by atoms with van der Waals surface area (Å²) >= 11 is 0. The Morgan fingerprint density at radius 3 is 2.50 bits per heavy atom. The molecule has 1 fully saturated rings. The second-order valence-corrected chi connectivity index (χ2v) is 5.75. The Bertz CT molecular complexity index is 228. The Morgan fingerprint density at radius 1 is 1.17 bits per heavy atom. The van der Waals surface area contributed by atoms with Gasteiger partial charge in [0.15, 0.2) is 0 Å². The number of alkyl halides is 3. The molecule has 0 aromatic heterocycles. The third-order valence-corrected chi connectivity index (χ3v) is 3.84. The Balaban J connectivity index is 2.30. The molecule has 1 aliphatic rings. The summed E-state index contributed by atoms with van der Waals surface area (Å²) in [6.45, 7) is 3.84. The van der Waals surface area contributed by atoms with Crippen molar-refractivity contribution in [3.63, 3.8) is 0 Å². The lowest BCUT2D eigenvalue weighted by Crippen LogP contribution is -2.38. The fourth-order valence-electron chi connectivity index (χ4n) is 3.05. The van der Waals surface area contributed by atoms with Gasteiger partial charge in [-0.3, -0.25) is 0 Å². The Kier molecular flexibility index (Phi) is 6.47. The molecule has 1 N–H and O–H groups in total. The summed E-state index contributed by atoms with van der Waals surface area (Å²) in [6.07, 6.45) is 3.35. The number of hydrogen-bond acceptors (Lipinski definition) is 1. The quantitative estimate of drug-likeness (QED) is 0.712. The molecule has 18 heavy (non-hydrogen) atoms. The van der Waals surface area contributed by atoms with Gasteiger partial charge in [-0.25, -0.2) is 0 Å².